The maximum Gasteiger partial charge on any atom is 0.292 e. The van der Waals surface area contributed by atoms with Crippen molar-refractivity contribution in [1.29, 1.82) is 0 Å². The molecule has 0 radical (unpaired) electrons. The molecule has 0 atom stereocenters. The predicted molar refractivity (Wildman–Crippen MR) is 72.6 cm³/mol. The maximum atomic E-state index is 11.6. The lowest BCUT2D eigenvalue weighted by atomic mass is 9.90. The molecule has 7 heteroatoms. The zero-order chi connectivity index (χ0) is 12.8. The van der Waals surface area contributed by atoms with Crippen LogP contribution in [-0.4, -0.2) is 24.8 Å². The van der Waals surface area contributed by atoms with E-state index in [1.807, 2.05) is 0 Å². The molecule has 0 aliphatic heterocycles. The van der Waals surface area contributed by atoms with Crippen LogP contribution in [0.1, 0.15) is 43.0 Å². The van der Waals surface area contributed by atoms with Crippen molar-refractivity contribution in [2.75, 3.05) is 0 Å². The first-order chi connectivity index (χ1) is 9.33. The van der Waals surface area contributed by atoms with Gasteiger partial charge in [0.2, 0.25) is 4.96 Å². The second-order valence-electron chi connectivity index (χ2n) is 5.01. The fourth-order valence-corrected chi connectivity index (χ4v) is 3.86. The first-order valence-corrected chi connectivity index (χ1v) is 7.37. The summed E-state index contributed by atoms with van der Waals surface area (Å²) < 4.78 is 1.76. The van der Waals surface area contributed by atoms with Crippen molar-refractivity contribution in [3.63, 3.8) is 0 Å². The highest BCUT2D eigenvalue weighted by Gasteiger charge is 2.21. The van der Waals surface area contributed by atoms with Crippen LogP contribution in [0, 0.1) is 0 Å². The average molecular weight is 275 g/mol. The number of hydrogen-bond acceptors (Lipinski definition) is 5. The molecule has 1 aliphatic carbocycles. The number of H-pyrrole nitrogens is 1. The second-order valence-corrected chi connectivity index (χ2v) is 6.00. The van der Waals surface area contributed by atoms with Crippen LogP contribution in [0.4, 0.5) is 0 Å². The number of imidazole rings is 1. The summed E-state index contributed by atoms with van der Waals surface area (Å²) in [4.78, 5) is 16.8. The van der Waals surface area contributed by atoms with Gasteiger partial charge in [-0.25, -0.2) is 14.6 Å². The Morgan fingerprint density at radius 2 is 2.16 bits per heavy atom. The Hall–Kier alpha value is -1.76. The van der Waals surface area contributed by atoms with E-state index in [9.17, 15) is 4.79 Å². The molecule has 0 saturated heterocycles. The topological polar surface area (TPSA) is 75.9 Å². The Labute approximate surface area is 112 Å². The first-order valence-electron chi connectivity index (χ1n) is 6.56. The summed E-state index contributed by atoms with van der Waals surface area (Å²) in [6, 6.07) is 0. The molecular formula is C12H13N5OS. The minimum Gasteiger partial charge on any atom is -0.265 e. The number of rotatable bonds is 1. The number of aromatic amines is 1. The molecule has 0 amide bonds. The van der Waals surface area contributed by atoms with Crippen molar-refractivity contribution in [1.82, 2.24) is 24.8 Å². The molecule has 3 aromatic rings. The van der Waals surface area contributed by atoms with Crippen LogP contribution in [0.2, 0.25) is 0 Å². The van der Waals surface area contributed by atoms with Gasteiger partial charge in [-0.3, -0.25) is 4.79 Å². The minimum atomic E-state index is -0.255. The smallest absolute Gasteiger partial charge is 0.265 e. The Morgan fingerprint density at radius 1 is 1.32 bits per heavy atom. The number of aromatic nitrogens is 5. The summed E-state index contributed by atoms with van der Waals surface area (Å²) in [5.74, 6) is 0.561. The van der Waals surface area contributed by atoms with Crippen LogP contribution >= 0.6 is 11.3 Å². The van der Waals surface area contributed by atoms with Gasteiger partial charge in [0.15, 0.2) is 5.52 Å². The van der Waals surface area contributed by atoms with E-state index in [2.05, 4.69) is 20.3 Å². The quantitative estimate of drug-likeness (QED) is 0.737. The van der Waals surface area contributed by atoms with Crippen LogP contribution in [0.5, 0.6) is 0 Å². The van der Waals surface area contributed by atoms with E-state index >= 15 is 0 Å². The third-order valence-corrected chi connectivity index (χ3v) is 4.85. The monoisotopic (exact) mass is 275 g/mol. The fraction of sp³-hybridized carbons (Fsp3) is 0.500. The normalized spacial score (nSPS) is 17.5. The van der Waals surface area contributed by atoms with Gasteiger partial charge < -0.3 is 0 Å². The van der Waals surface area contributed by atoms with Gasteiger partial charge in [0.1, 0.15) is 10.5 Å². The lowest BCUT2D eigenvalue weighted by Gasteiger charge is -2.18. The van der Waals surface area contributed by atoms with Gasteiger partial charge in [-0.2, -0.15) is 10.2 Å². The third-order valence-electron chi connectivity index (χ3n) is 3.78. The van der Waals surface area contributed by atoms with Crippen molar-refractivity contribution >= 4 is 27.3 Å². The Kier molecular flexibility index (Phi) is 2.41. The molecule has 0 spiro atoms. The van der Waals surface area contributed by atoms with E-state index in [0.29, 0.717) is 17.0 Å². The Morgan fingerprint density at radius 3 is 3.00 bits per heavy atom. The predicted octanol–water partition coefficient (Wildman–Crippen LogP) is 2.07. The molecule has 3 heterocycles. The number of hydrogen-bond donors (Lipinski definition) is 1. The second kappa shape index (κ2) is 4.12. The molecule has 3 aromatic heterocycles. The van der Waals surface area contributed by atoms with E-state index in [-0.39, 0.29) is 5.56 Å². The first kappa shape index (κ1) is 11.1. The third kappa shape index (κ3) is 1.68. The van der Waals surface area contributed by atoms with Gasteiger partial charge in [-0.1, -0.05) is 30.6 Å². The highest BCUT2D eigenvalue weighted by Crippen LogP contribution is 2.35. The molecule has 1 fully saturated rings. The lowest BCUT2D eigenvalue weighted by Crippen LogP contribution is -2.08. The van der Waals surface area contributed by atoms with E-state index in [0.717, 1.165) is 9.97 Å². The van der Waals surface area contributed by atoms with E-state index in [1.54, 1.807) is 22.0 Å². The Bertz CT molecular complexity index is 795. The van der Waals surface area contributed by atoms with Crippen LogP contribution < -0.4 is 5.56 Å². The van der Waals surface area contributed by atoms with Crippen LogP contribution in [-0.2, 0) is 0 Å². The van der Waals surface area contributed by atoms with Crippen molar-refractivity contribution in [2.24, 2.45) is 0 Å². The summed E-state index contributed by atoms with van der Waals surface area (Å²) >= 11 is 1.60. The molecule has 0 unspecified atom stereocenters. The number of nitrogens with one attached hydrogen (secondary N) is 1. The van der Waals surface area contributed by atoms with Crippen LogP contribution in [0.3, 0.4) is 0 Å². The van der Waals surface area contributed by atoms with Gasteiger partial charge in [0, 0.05) is 5.92 Å². The van der Waals surface area contributed by atoms with Crippen molar-refractivity contribution in [3.8, 4) is 0 Å². The van der Waals surface area contributed by atoms with E-state index < -0.39 is 0 Å². The lowest BCUT2D eigenvalue weighted by molar-refractivity contribution is 0.440. The van der Waals surface area contributed by atoms with Gasteiger partial charge in [-0.05, 0) is 12.8 Å². The van der Waals surface area contributed by atoms with Gasteiger partial charge in [0.25, 0.3) is 5.56 Å². The largest absolute Gasteiger partial charge is 0.292 e. The molecule has 19 heavy (non-hydrogen) atoms. The zero-order valence-electron chi connectivity index (χ0n) is 10.3. The fourth-order valence-electron chi connectivity index (χ4n) is 2.78. The highest BCUT2D eigenvalue weighted by atomic mass is 32.1. The Balaban J connectivity index is 1.88. The number of nitrogens with zero attached hydrogens (tertiary/aromatic N) is 4. The summed E-state index contributed by atoms with van der Waals surface area (Å²) in [6.45, 7) is 0. The SMILES string of the molecule is O=c1[nH]ncc2c1nc1sc(C3CCCCC3)nn12. The van der Waals surface area contributed by atoms with Crippen molar-refractivity contribution < 1.29 is 0 Å². The van der Waals surface area contributed by atoms with Crippen LogP contribution in [0.15, 0.2) is 11.0 Å². The molecule has 1 saturated carbocycles. The molecule has 0 bridgehead atoms. The summed E-state index contributed by atoms with van der Waals surface area (Å²) in [5.41, 5.74) is 0.857. The standard InChI is InChI=1S/C12H13N5OS/c18-10-9-8(6-13-15-10)17-12(14-9)19-11(16-17)7-4-2-1-3-5-7/h6-7H,1-5H2,(H,15,18). The highest BCUT2D eigenvalue weighted by molar-refractivity contribution is 7.16. The molecular weight excluding hydrogens is 262 g/mol. The molecule has 4 rings (SSSR count). The number of fused-ring (bicyclic) bond motifs is 3. The van der Waals surface area contributed by atoms with E-state index in [1.165, 1.54) is 32.1 Å². The van der Waals surface area contributed by atoms with Crippen LogP contribution in [0.25, 0.3) is 16.0 Å². The summed E-state index contributed by atoms with van der Waals surface area (Å²) in [5, 5.41) is 12.0. The molecule has 1 aliphatic rings. The molecule has 6 nitrogen and oxygen atoms in total. The van der Waals surface area contributed by atoms with Gasteiger partial charge in [0.05, 0.1) is 6.20 Å². The summed E-state index contributed by atoms with van der Waals surface area (Å²) in [7, 11) is 0. The van der Waals surface area contributed by atoms with Crippen molar-refractivity contribution in [3.05, 3.63) is 21.6 Å². The van der Waals surface area contributed by atoms with Gasteiger partial charge in [-0.15, -0.1) is 0 Å². The maximum absolute atomic E-state index is 11.6. The van der Waals surface area contributed by atoms with Gasteiger partial charge >= 0.3 is 0 Å². The molecule has 0 aromatic carbocycles. The minimum absolute atomic E-state index is 0.255. The molecule has 98 valence electrons. The van der Waals surface area contributed by atoms with E-state index in [4.69, 9.17) is 0 Å². The van der Waals surface area contributed by atoms with Crippen molar-refractivity contribution in [2.45, 2.75) is 38.0 Å². The summed E-state index contributed by atoms with van der Waals surface area (Å²) in [6.07, 6.45) is 7.95. The zero-order valence-corrected chi connectivity index (χ0v) is 11.1. The average Bonchev–Trinajstić information content (AvgIpc) is 2.99. The molecule has 1 N–H and O–H groups in total.